The maximum absolute atomic E-state index is 4.64. The molecule has 3 rings (SSSR count). The highest BCUT2D eigenvalue weighted by molar-refractivity contribution is 5.22. The van der Waals surface area contributed by atoms with Crippen molar-refractivity contribution in [2.75, 3.05) is 0 Å². The van der Waals surface area contributed by atoms with Crippen molar-refractivity contribution >= 4 is 0 Å². The fourth-order valence-electron chi connectivity index (χ4n) is 3.27. The van der Waals surface area contributed by atoms with Crippen LogP contribution >= 0.6 is 0 Å². The van der Waals surface area contributed by atoms with Crippen molar-refractivity contribution < 1.29 is 0 Å². The number of aryl methyl sites for hydroxylation is 3. The first kappa shape index (κ1) is 18.6. The van der Waals surface area contributed by atoms with E-state index in [9.17, 15) is 0 Å². The summed E-state index contributed by atoms with van der Waals surface area (Å²) in [5, 5.41) is 0. The molecule has 0 unspecified atom stereocenters. The fraction of sp³-hybridized carbons (Fsp3) is 0.545. The molecule has 1 aromatic heterocycles. The molecule has 0 atom stereocenters. The Bertz CT molecular complexity index is 578. The Morgan fingerprint density at radius 3 is 1.96 bits per heavy atom. The van der Waals surface area contributed by atoms with Crippen molar-refractivity contribution in [1.29, 1.82) is 0 Å². The third kappa shape index (κ3) is 5.43. The van der Waals surface area contributed by atoms with Crippen molar-refractivity contribution in [3.05, 3.63) is 59.2 Å². The Balaban J connectivity index is 0.00000100. The number of aromatic nitrogens is 2. The second-order valence-corrected chi connectivity index (χ2v) is 6.89. The van der Waals surface area contributed by atoms with Gasteiger partial charge in [-0.05, 0) is 49.7 Å². The topological polar surface area (TPSA) is 25.8 Å². The third-order valence-corrected chi connectivity index (χ3v) is 4.93. The van der Waals surface area contributed by atoms with Gasteiger partial charge >= 0.3 is 0 Å². The zero-order valence-corrected chi connectivity index (χ0v) is 15.8. The molecule has 1 heterocycles. The van der Waals surface area contributed by atoms with Gasteiger partial charge in [0.15, 0.2) is 0 Å². The van der Waals surface area contributed by atoms with E-state index in [2.05, 4.69) is 48.1 Å². The van der Waals surface area contributed by atoms with Gasteiger partial charge in [0.2, 0.25) is 0 Å². The van der Waals surface area contributed by atoms with Crippen LogP contribution in [0.3, 0.4) is 0 Å². The Morgan fingerprint density at radius 1 is 0.833 bits per heavy atom. The van der Waals surface area contributed by atoms with Gasteiger partial charge in [0.1, 0.15) is 5.82 Å². The van der Waals surface area contributed by atoms with Gasteiger partial charge in [0, 0.05) is 18.3 Å². The van der Waals surface area contributed by atoms with Crippen LogP contribution in [-0.4, -0.2) is 9.97 Å². The molecule has 0 aliphatic heterocycles. The van der Waals surface area contributed by atoms with Crippen LogP contribution in [0.15, 0.2) is 36.7 Å². The van der Waals surface area contributed by atoms with E-state index in [-0.39, 0.29) is 0 Å². The lowest BCUT2D eigenvalue weighted by molar-refractivity contribution is 0.339. The summed E-state index contributed by atoms with van der Waals surface area (Å²) in [6.07, 6.45) is 11.3. The second kappa shape index (κ2) is 9.56. The minimum absolute atomic E-state index is 0.586. The predicted molar refractivity (Wildman–Crippen MR) is 102 cm³/mol. The van der Waals surface area contributed by atoms with E-state index in [0.717, 1.165) is 24.6 Å². The Morgan fingerprint density at radius 2 is 1.38 bits per heavy atom. The highest BCUT2D eigenvalue weighted by Crippen LogP contribution is 2.33. The number of hydrogen-bond acceptors (Lipinski definition) is 2. The normalized spacial score (nSPS) is 20.2. The quantitative estimate of drug-likeness (QED) is 0.700. The molecule has 24 heavy (non-hydrogen) atoms. The van der Waals surface area contributed by atoms with E-state index < -0.39 is 0 Å². The molecular weight excluding hydrogens is 292 g/mol. The highest BCUT2D eigenvalue weighted by Gasteiger charge is 2.21. The van der Waals surface area contributed by atoms with Crippen molar-refractivity contribution in [3.8, 4) is 0 Å². The van der Waals surface area contributed by atoms with Crippen LogP contribution in [0.5, 0.6) is 0 Å². The Kier molecular flexibility index (Phi) is 7.42. The number of benzene rings is 1. The summed E-state index contributed by atoms with van der Waals surface area (Å²) in [6.45, 7) is 8.48. The zero-order chi connectivity index (χ0) is 17.4. The maximum atomic E-state index is 4.64. The highest BCUT2D eigenvalue weighted by atomic mass is 14.9. The van der Waals surface area contributed by atoms with Crippen LogP contribution in [0.25, 0.3) is 0 Å². The van der Waals surface area contributed by atoms with E-state index in [4.69, 9.17) is 0 Å². The molecule has 0 amide bonds. The number of hydrogen-bond donors (Lipinski definition) is 0. The van der Waals surface area contributed by atoms with Gasteiger partial charge in [-0.1, -0.05) is 63.4 Å². The molecule has 130 valence electrons. The summed E-state index contributed by atoms with van der Waals surface area (Å²) in [5.74, 6) is 2.53. The molecule has 2 nitrogen and oxygen atoms in total. The summed E-state index contributed by atoms with van der Waals surface area (Å²) < 4.78 is 0. The number of rotatable bonds is 4. The van der Waals surface area contributed by atoms with E-state index in [1.54, 1.807) is 0 Å². The van der Waals surface area contributed by atoms with Crippen LogP contribution in [0, 0.1) is 12.8 Å². The summed E-state index contributed by atoms with van der Waals surface area (Å²) in [5.41, 5.74) is 3.95. The van der Waals surface area contributed by atoms with Gasteiger partial charge in [-0.15, -0.1) is 0 Å². The SMILES string of the molecule is CC.Cc1ccc(CCc2cnc(C3CCC(C)CC3)nc2)cc1. The van der Waals surface area contributed by atoms with Gasteiger partial charge in [0.05, 0.1) is 0 Å². The zero-order valence-electron chi connectivity index (χ0n) is 15.8. The first-order valence-corrected chi connectivity index (χ1v) is 9.57. The molecule has 0 bridgehead atoms. The lowest BCUT2D eigenvalue weighted by atomic mass is 9.82. The Labute approximate surface area is 147 Å². The van der Waals surface area contributed by atoms with Crippen LogP contribution in [0.1, 0.15) is 74.9 Å². The monoisotopic (exact) mass is 324 g/mol. The van der Waals surface area contributed by atoms with Gasteiger partial charge in [-0.2, -0.15) is 0 Å². The molecule has 0 N–H and O–H groups in total. The summed E-state index contributed by atoms with van der Waals surface area (Å²) in [6, 6.07) is 8.79. The molecule has 2 heteroatoms. The fourth-order valence-corrected chi connectivity index (χ4v) is 3.27. The minimum atomic E-state index is 0.586. The minimum Gasteiger partial charge on any atom is -0.241 e. The van der Waals surface area contributed by atoms with Crippen LogP contribution < -0.4 is 0 Å². The largest absolute Gasteiger partial charge is 0.241 e. The molecule has 0 radical (unpaired) electrons. The van der Waals surface area contributed by atoms with Crippen LogP contribution in [0.4, 0.5) is 0 Å². The second-order valence-electron chi connectivity index (χ2n) is 6.89. The Hall–Kier alpha value is -1.70. The average molecular weight is 325 g/mol. The van der Waals surface area contributed by atoms with Crippen molar-refractivity contribution in [2.24, 2.45) is 5.92 Å². The van der Waals surface area contributed by atoms with Gasteiger partial charge < -0.3 is 0 Å². The van der Waals surface area contributed by atoms with Crippen LogP contribution in [0.2, 0.25) is 0 Å². The standard InChI is InChI=1S/C20H26N2.C2H6/c1-15-3-7-17(8-4-15)9-10-18-13-21-20(22-14-18)19-11-5-16(2)6-12-19;1-2/h3-4,7-8,13-14,16,19H,5-6,9-12H2,1-2H3;1-2H3. The van der Waals surface area contributed by atoms with Gasteiger partial charge in [0.25, 0.3) is 0 Å². The molecule has 0 spiro atoms. The summed E-state index contributed by atoms with van der Waals surface area (Å²) in [7, 11) is 0. The smallest absolute Gasteiger partial charge is 0.131 e. The molecule has 1 aliphatic carbocycles. The molecule has 0 saturated heterocycles. The maximum Gasteiger partial charge on any atom is 0.131 e. The number of nitrogens with zero attached hydrogens (tertiary/aromatic N) is 2. The lowest BCUT2D eigenvalue weighted by Crippen LogP contribution is -2.13. The van der Waals surface area contributed by atoms with Crippen molar-refractivity contribution in [1.82, 2.24) is 9.97 Å². The molecule has 1 aliphatic rings. The van der Waals surface area contributed by atoms with Crippen molar-refractivity contribution in [2.45, 2.75) is 72.1 Å². The van der Waals surface area contributed by atoms with E-state index >= 15 is 0 Å². The van der Waals surface area contributed by atoms with Crippen LogP contribution in [-0.2, 0) is 12.8 Å². The van der Waals surface area contributed by atoms with E-state index in [1.807, 2.05) is 26.2 Å². The molecule has 1 fully saturated rings. The molecular formula is C22H32N2. The first-order chi connectivity index (χ1) is 11.7. The van der Waals surface area contributed by atoms with E-state index in [1.165, 1.54) is 42.4 Å². The summed E-state index contributed by atoms with van der Waals surface area (Å²) in [4.78, 5) is 9.29. The summed E-state index contributed by atoms with van der Waals surface area (Å²) >= 11 is 0. The van der Waals surface area contributed by atoms with Gasteiger partial charge in [-0.3, -0.25) is 0 Å². The molecule has 1 aromatic carbocycles. The first-order valence-electron chi connectivity index (χ1n) is 9.57. The molecule has 1 saturated carbocycles. The lowest BCUT2D eigenvalue weighted by Gasteiger charge is -2.24. The average Bonchev–Trinajstić information content (AvgIpc) is 2.64. The van der Waals surface area contributed by atoms with Gasteiger partial charge in [-0.25, -0.2) is 9.97 Å². The molecule has 2 aromatic rings. The third-order valence-electron chi connectivity index (χ3n) is 4.93. The van der Waals surface area contributed by atoms with Crippen molar-refractivity contribution in [3.63, 3.8) is 0 Å². The predicted octanol–water partition coefficient (Wildman–Crippen LogP) is 5.89. The van der Waals surface area contributed by atoms with E-state index in [0.29, 0.717) is 5.92 Å².